The van der Waals surface area contributed by atoms with Gasteiger partial charge < -0.3 is 15.4 Å². The van der Waals surface area contributed by atoms with Crippen LogP contribution in [0.15, 0.2) is 29.2 Å². The zero-order valence-electron chi connectivity index (χ0n) is 11.3. The molecular weight excluding hydrogens is 260 g/mol. The quantitative estimate of drug-likeness (QED) is 0.833. The van der Waals surface area contributed by atoms with E-state index >= 15 is 0 Å². The molecule has 1 aromatic carbocycles. The van der Waals surface area contributed by atoms with Crippen LogP contribution in [0.2, 0.25) is 0 Å². The van der Waals surface area contributed by atoms with E-state index in [4.69, 9.17) is 4.74 Å². The van der Waals surface area contributed by atoms with Crippen molar-refractivity contribution >= 4 is 23.5 Å². The zero-order valence-corrected chi connectivity index (χ0v) is 12.1. The number of anilines is 1. The van der Waals surface area contributed by atoms with E-state index in [-0.39, 0.29) is 18.2 Å². The number of hydrogen-bond donors (Lipinski definition) is 2. The highest BCUT2D eigenvalue weighted by atomic mass is 32.2. The number of amides is 2. The average Bonchev–Trinajstić information content (AvgIpc) is 2.93. The van der Waals surface area contributed by atoms with E-state index in [1.54, 1.807) is 11.8 Å². The molecule has 2 rings (SSSR count). The lowest BCUT2D eigenvalue weighted by Crippen LogP contribution is -2.42. The number of ether oxygens (including phenoxy) is 1. The fourth-order valence-electron chi connectivity index (χ4n) is 2.14. The van der Waals surface area contributed by atoms with Crippen LogP contribution in [0.4, 0.5) is 10.5 Å². The maximum Gasteiger partial charge on any atom is 0.319 e. The summed E-state index contributed by atoms with van der Waals surface area (Å²) in [6.07, 6.45) is 4.26. The molecule has 0 radical (unpaired) electrons. The van der Waals surface area contributed by atoms with Gasteiger partial charge in [-0.25, -0.2) is 4.79 Å². The van der Waals surface area contributed by atoms with Gasteiger partial charge in [-0.2, -0.15) is 0 Å². The first-order chi connectivity index (χ1) is 9.19. The van der Waals surface area contributed by atoms with Crippen molar-refractivity contribution in [2.75, 3.05) is 18.2 Å². The molecule has 2 amide bonds. The summed E-state index contributed by atoms with van der Waals surface area (Å²) in [5.41, 5.74) is 0.801. The van der Waals surface area contributed by atoms with Gasteiger partial charge >= 0.3 is 6.03 Å². The molecule has 0 aliphatic carbocycles. The predicted octanol–water partition coefficient (Wildman–Crippen LogP) is 3.10. The molecule has 1 aliphatic heterocycles. The lowest BCUT2D eigenvalue weighted by Gasteiger charge is -2.20. The number of thioether (sulfide) groups is 1. The zero-order chi connectivity index (χ0) is 13.7. The molecule has 2 atom stereocenters. The summed E-state index contributed by atoms with van der Waals surface area (Å²) >= 11 is 1.68. The lowest BCUT2D eigenvalue weighted by molar-refractivity contribution is 0.0868. The fraction of sp³-hybridized carbons (Fsp3) is 0.500. The summed E-state index contributed by atoms with van der Waals surface area (Å²) in [6, 6.07) is 7.64. The average molecular weight is 280 g/mol. The van der Waals surface area contributed by atoms with Gasteiger partial charge in [0.15, 0.2) is 0 Å². The normalized spacial score (nSPS) is 20.0. The number of nitrogens with one attached hydrogen (secondary N) is 2. The van der Waals surface area contributed by atoms with Gasteiger partial charge in [-0.1, -0.05) is 0 Å². The largest absolute Gasteiger partial charge is 0.376 e. The molecule has 0 spiro atoms. The second-order valence-electron chi connectivity index (χ2n) is 4.67. The summed E-state index contributed by atoms with van der Waals surface area (Å²) in [7, 11) is 0. The van der Waals surface area contributed by atoms with E-state index in [0.29, 0.717) is 0 Å². The molecule has 5 heteroatoms. The first kappa shape index (κ1) is 14.2. The van der Waals surface area contributed by atoms with Crippen LogP contribution >= 0.6 is 11.8 Å². The molecule has 2 N–H and O–H groups in total. The van der Waals surface area contributed by atoms with Crippen molar-refractivity contribution in [3.63, 3.8) is 0 Å². The SMILES string of the molecule is CSc1ccc(NC(=O)N[C@H](C)[C@H]2CCCO2)cc1. The Morgan fingerprint density at radius 2 is 2.16 bits per heavy atom. The van der Waals surface area contributed by atoms with Crippen LogP contribution in [0.25, 0.3) is 0 Å². The highest BCUT2D eigenvalue weighted by Gasteiger charge is 2.23. The van der Waals surface area contributed by atoms with Gasteiger partial charge in [-0.05, 0) is 50.3 Å². The molecule has 0 aromatic heterocycles. The maximum absolute atomic E-state index is 11.9. The summed E-state index contributed by atoms with van der Waals surface area (Å²) < 4.78 is 5.55. The molecule has 104 valence electrons. The summed E-state index contributed by atoms with van der Waals surface area (Å²) in [6.45, 7) is 2.78. The van der Waals surface area contributed by atoms with E-state index in [2.05, 4.69) is 10.6 Å². The number of hydrogen-bond acceptors (Lipinski definition) is 3. The molecule has 1 aliphatic rings. The Bertz CT molecular complexity index is 416. The number of rotatable bonds is 4. The molecular formula is C14H20N2O2S. The van der Waals surface area contributed by atoms with Gasteiger partial charge in [-0.15, -0.1) is 11.8 Å². The van der Waals surface area contributed by atoms with E-state index in [1.165, 1.54) is 4.90 Å². The summed E-state index contributed by atoms with van der Waals surface area (Å²) in [5, 5.41) is 5.75. The fourth-order valence-corrected chi connectivity index (χ4v) is 2.55. The Kier molecular flexibility index (Phi) is 5.10. The highest BCUT2D eigenvalue weighted by Crippen LogP contribution is 2.18. The Hall–Kier alpha value is -1.20. The van der Waals surface area contributed by atoms with Crippen molar-refractivity contribution in [1.82, 2.24) is 5.32 Å². The summed E-state index contributed by atoms with van der Waals surface area (Å²) in [5.74, 6) is 0. The molecule has 0 bridgehead atoms. The molecule has 1 saturated heterocycles. The van der Waals surface area contributed by atoms with Crippen LogP contribution in [-0.2, 0) is 4.74 Å². The molecule has 1 aromatic rings. The summed E-state index contributed by atoms with van der Waals surface area (Å²) in [4.78, 5) is 13.0. The van der Waals surface area contributed by atoms with E-state index in [1.807, 2.05) is 37.4 Å². The second kappa shape index (κ2) is 6.82. The van der Waals surface area contributed by atoms with Gasteiger partial charge in [0.25, 0.3) is 0 Å². The van der Waals surface area contributed by atoms with E-state index in [9.17, 15) is 4.79 Å². The third kappa shape index (κ3) is 4.14. The molecule has 0 unspecified atom stereocenters. The Morgan fingerprint density at radius 1 is 1.42 bits per heavy atom. The maximum atomic E-state index is 11.9. The number of urea groups is 1. The smallest absolute Gasteiger partial charge is 0.319 e. The van der Waals surface area contributed by atoms with Crippen molar-refractivity contribution in [2.45, 2.75) is 36.8 Å². The third-order valence-corrected chi connectivity index (χ3v) is 3.97. The lowest BCUT2D eigenvalue weighted by atomic mass is 10.1. The van der Waals surface area contributed by atoms with Crippen LogP contribution in [0.5, 0.6) is 0 Å². The minimum atomic E-state index is -0.181. The van der Waals surface area contributed by atoms with Crippen LogP contribution in [0.1, 0.15) is 19.8 Å². The van der Waals surface area contributed by atoms with Crippen molar-refractivity contribution < 1.29 is 9.53 Å². The number of carbonyl (C=O) groups is 1. The molecule has 4 nitrogen and oxygen atoms in total. The molecule has 0 saturated carbocycles. The Balaban J connectivity index is 1.82. The van der Waals surface area contributed by atoms with Gasteiger partial charge in [0.2, 0.25) is 0 Å². The van der Waals surface area contributed by atoms with Gasteiger partial charge in [0, 0.05) is 17.2 Å². The van der Waals surface area contributed by atoms with Crippen molar-refractivity contribution in [1.29, 1.82) is 0 Å². The van der Waals surface area contributed by atoms with Crippen LogP contribution in [-0.4, -0.2) is 31.0 Å². The monoisotopic (exact) mass is 280 g/mol. The minimum Gasteiger partial charge on any atom is -0.376 e. The molecule has 19 heavy (non-hydrogen) atoms. The first-order valence-corrected chi connectivity index (χ1v) is 7.74. The molecule has 1 fully saturated rings. The number of benzene rings is 1. The first-order valence-electron chi connectivity index (χ1n) is 6.52. The van der Waals surface area contributed by atoms with E-state index < -0.39 is 0 Å². The molecule has 1 heterocycles. The van der Waals surface area contributed by atoms with E-state index in [0.717, 1.165) is 25.1 Å². The van der Waals surface area contributed by atoms with Crippen molar-refractivity contribution in [3.8, 4) is 0 Å². The van der Waals surface area contributed by atoms with Crippen LogP contribution in [0, 0.1) is 0 Å². The highest BCUT2D eigenvalue weighted by molar-refractivity contribution is 7.98. The standard InChI is InChI=1S/C14H20N2O2S/c1-10(13-4-3-9-18-13)15-14(17)16-11-5-7-12(19-2)8-6-11/h5-8,10,13H,3-4,9H2,1-2H3,(H2,15,16,17)/t10-,13-/m1/s1. The predicted molar refractivity (Wildman–Crippen MR) is 78.8 cm³/mol. The topological polar surface area (TPSA) is 50.4 Å². The van der Waals surface area contributed by atoms with Crippen molar-refractivity contribution in [2.24, 2.45) is 0 Å². The van der Waals surface area contributed by atoms with Gasteiger partial charge in [0.05, 0.1) is 12.1 Å². The van der Waals surface area contributed by atoms with Gasteiger partial charge in [0.1, 0.15) is 0 Å². The Labute approximate surface area is 118 Å². The van der Waals surface area contributed by atoms with Gasteiger partial charge in [-0.3, -0.25) is 0 Å². The minimum absolute atomic E-state index is 0.0352. The second-order valence-corrected chi connectivity index (χ2v) is 5.55. The van der Waals surface area contributed by atoms with Crippen LogP contribution in [0.3, 0.4) is 0 Å². The third-order valence-electron chi connectivity index (χ3n) is 3.23. The van der Waals surface area contributed by atoms with Crippen molar-refractivity contribution in [3.05, 3.63) is 24.3 Å². The Morgan fingerprint density at radius 3 is 2.74 bits per heavy atom. The van der Waals surface area contributed by atoms with Crippen LogP contribution < -0.4 is 10.6 Å². The number of carbonyl (C=O) groups excluding carboxylic acids is 1.